The van der Waals surface area contributed by atoms with Crippen LogP contribution in [0.15, 0.2) is 72.8 Å². The first-order valence-corrected chi connectivity index (χ1v) is 9.02. The van der Waals surface area contributed by atoms with Crippen molar-refractivity contribution in [3.63, 3.8) is 0 Å². The van der Waals surface area contributed by atoms with Crippen molar-refractivity contribution in [3.05, 3.63) is 106 Å². The molecule has 6 heteroatoms. The second-order valence-corrected chi connectivity index (χ2v) is 6.32. The van der Waals surface area contributed by atoms with Crippen LogP contribution < -0.4 is 0 Å². The zero-order chi connectivity index (χ0) is 21.7. The van der Waals surface area contributed by atoms with Crippen LogP contribution in [0.25, 0.3) is 0 Å². The van der Waals surface area contributed by atoms with Crippen molar-refractivity contribution in [2.75, 3.05) is 14.2 Å². The van der Waals surface area contributed by atoms with Crippen molar-refractivity contribution < 1.29 is 28.7 Å². The van der Waals surface area contributed by atoms with Gasteiger partial charge in [0.15, 0.2) is 11.6 Å². The molecular weight excluding hydrogens is 384 g/mol. The van der Waals surface area contributed by atoms with E-state index in [2.05, 4.69) is 0 Å². The lowest BCUT2D eigenvalue weighted by Crippen LogP contribution is -2.18. The first kappa shape index (κ1) is 20.7. The summed E-state index contributed by atoms with van der Waals surface area (Å²) in [5, 5.41) is 0. The molecule has 0 saturated carbocycles. The molecule has 0 saturated heterocycles. The molecule has 0 aliphatic heterocycles. The molecule has 0 aromatic heterocycles. The van der Waals surface area contributed by atoms with Crippen LogP contribution in [-0.4, -0.2) is 37.7 Å². The normalized spacial score (nSPS) is 10.2. The number of esters is 2. The quantitative estimate of drug-likeness (QED) is 0.461. The Morgan fingerprint density at radius 1 is 0.533 bits per heavy atom. The maximum atomic E-state index is 13.1. The monoisotopic (exact) mass is 402 g/mol. The minimum absolute atomic E-state index is 0.0574. The van der Waals surface area contributed by atoms with Crippen molar-refractivity contribution in [1.82, 2.24) is 0 Å². The van der Waals surface area contributed by atoms with Gasteiger partial charge in [-0.05, 0) is 12.1 Å². The Bertz CT molecular complexity index is 1030. The molecule has 0 fully saturated rings. The highest BCUT2D eigenvalue weighted by Gasteiger charge is 2.27. The average molecular weight is 402 g/mol. The summed E-state index contributed by atoms with van der Waals surface area (Å²) in [7, 11) is 2.35. The topological polar surface area (TPSA) is 86.7 Å². The van der Waals surface area contributed by atoms with Gasteiger partial charge in [-0.15, -0.1) is 0 Å². The van der Waals surface area contributed by atoms with Gasteiger partial charge in [-0.25, -0.2) is 9.59 Å². The molecular formula is C24H18O6. The van der Waals surface area contributed by atoms with Gasteiger partial charge in [0.2, 0.25) is 0 Å². The van der Waals surface area contributed by atoms with Crippen LogP contribution in [0.2, 0.25) is 0 Å². The number of rotatable bonds is 6. The molecule has 0 bridgehead atoms. The lowest BCUT2D eigenvalue weighted by Gasteiger charge is -2.14. The van der Waals surface area contributed by atoms with Crippen LogP contribution in [0, 0.1) is 0 Å². The second-order valence-electron chi connectivity index (χ2n) is 6.32. The highest BCUT2D eigenvalue weighted by Crippen LogP contribution is 2.24. The van der Waals surface area contributed by atoms with E-state index < -0.39 is 23.5 Å². The number of benzene rings is 3. The fraction of sp³-hybridized carbons (Fsp3) is 0.0833. The predicted molar refractivity (Wildman–Crippen MR) is 109 cm³/mol. The summed E-state index contributed by atoms with van der Waals surface area (Å²) in [5.41, 5.74) is 0.300. The minimum Gasteiger partial charge on any atom is -0.465 e. The lowest BCUT2D eigenvalue weighted by atomic mass is 9.90. The molecule has 0 atom stereocenters. The summed E-state index contributed by atoms with van der Waals surface area (Å²) in [5.74, 6) is -2.57. The predicted octanol–water partition coefficient (Wildman–Crippen LogP) is 3.72. The Balaban J connectivity index is 2.26. The van der Waals surface area contributed by atoms with Crippen LogP contribution >= 0.6 is 0 Å². The van der Waals surface area contributed by atoms with Gasteiger partial charge in [0.05, 0.1) is 25.3 Å². The molecule has 0 amide bonds. The number of hydrogen-bond acceptors (Lipinski definition) is 6. The van der Waals surface area contributed by atoms with Gasteiger partial charge in [0.25, 0.3) is 0 Å². The zero-order valence-electron chi connectivity index (χ0n) is 16.4. The van der Waals surface area contributed by atoms with Crippen molar-refractivity contribution in [2.24, 2.45) is 0 Å². The first-order valence-electron chi connectivity index (χ1n) is 9.02. The van der Waals surface area contributed by atoms with E-state index in [0.717, 1.165) is 0 Å². The van der Waals surface area contributed by atoms with E-state index in [1.54, 1.807) is 60.7 Å². The van der Waals surface area contributed by atoms with E-state index in [0.29, 0.717) is 11.1 Å². The molecule has 0 aliphatic rings. The molecule has 150 valence electrons. The largest absolute Gasteiger partial charge is 0.465 e. The molecule has 3 aromatic rings. The van der Waals surface area contributed by atoms with Crippen molar-refractivity contribution >= 4 is 23.5 Å². The van der Waals surface area contributed by atoms with Gasteiger partial charge in [-0.3, -0.25) is 9.59 Å². The Morgan fingerprint density at radius 2 is 0.867 bits per heavy atom. The standard InChI is InChI=1S/C24H18O6/c1-29-23(27)19-13-18(22(26)16-11-7-4-8-12-16)20(24(28)30-2)14-17(19)21(25)15-9-5-3-6-10-15/h3-14H,1-2H3. The molecule has 0 N–H and O–H groups in total. The molecule has 30 heavy (non-hydrogen) atoms. The third kappa shape index (κ3) is 4.03. The number of methoxy groups -OCH3 is 2. The van der Waals surface area contributed by atoms with Crippen LogP contribution in [-0.2, 0) is 9.47 Å². The van der Waals surface area contributed by atoms with Gasteiger partial charge in [-0.1, -0.05) is 60.7 Å². The summed E-state index contributed by atoms with van der Waals surface area (Å²) >= 11 is 0. The van der Waals surface area contributed by atoms with Crippen LogP contribution in [0.5, 0.6) is 0 Å². The summed E-state index contributed by atoms with van der Waals surface area (Å²) < 4.78 is 9.62. The van der Waals surface area contributed by atoms with E-state index >= 15 is 0 Å². The van der Waals surface area contributed by atoms with Crippen LogP contribution in [0.3, 0.4) is 0 Å². The highest BCUT2D eigenvalue weighted by atomic mass is 16.5. The lowest BCUT2D eigenvalue weighted by molar-refractivity contribution is 0.0583. The highest BCUT2D eigenvalue weighted by molar-refractivity contribution is 6.20. The summed E-state index contributed by atoms with van der Waals surface area (Å²) in [4.78, 5) is 51.0. The third-order valence-electron chi connectivity index (χ3n) is 4.53. The first-order chi connectivity index (χ1) is 14.5. The Labute approximate surface area is 173 Å². The molecule has 0 radical (unpaired) electrons. The maximum Gasteiger partial charge on any atom is 0.338 e. The zero-order valence-corrected chi connectivity index (χ0v) is 16.4. The Hall–Kier alpha value is -4.06. The van der Waals surface area contributed by atoms with Crippen LogP contribution in [0.4, 0.5) is 0 Å². The third-order valence-corrected chi connectivity index (χ3v) is 4.53. The number of carbonyl (C=O) groups excluding carboxylic acids is 4. The SMILES string of the molecule is COC(=O)c1cc(C(=O)c2ccccc2)c(C(=O)OC)cc1C(=O)c1ccccc1. The molecule has 3 aromatic carbocycles. The average Bonchev–Trinajstić information content (AvgIpc) is 2.82. The van der Waals surface area contributed by atoms with Gasteiger partial charge in [-0.2, -0.15) is 0 Å². The molecule has 0 spiro atoms. The van der Waals surface area contributed by atoms with Crippen molar-refractivity contribution in [1.29, 1.82) is 0 Å². The minimum atomic E-state index is -0.798. The molecule has 0 heterocycles. The molecule has 3 rings (SSSR count). The summed E-state index contributed by atoms with van der Waals surface area (Å²) in [6.07, 6.45) is 0. The van der Waals surface area contributed by atoms with Crippen molar-refractivity contribution in [3.8, 4) is 0 Å². The van der Waals surface area contributed by atoms with E-state index in [9.17, 15) is 19.2 Å². The smallest absolute Gasteiger partial charge is 0.338 e. The van der Waals surface area contributed by atoms with Crippen molar-refractivity contribution in [2.45, 2.75) is 0 Å². The summed E-state index contributed by atoms with van der Waals surface area (Å²) in [6.45, 7) is 0. The molecule has 0 aliphatic carbocycles. The van der Waals surface area contributed by atoms with E-state index in [-0.39, 0.29) is 22.3 Å². The summed E-state index contributed by atoms with van der Waals surface area (Å²) in [6, 6.07) is 19.0. The number of ether oxygens (including phenoxy) is 2. The van der Waals surface area contributed by atoms with Gasteiger partial charge >= 0.3 is 11.9 Å². The van der Waals surface area contributed by atoms with E-state index in [1.807, 2.05) is 0 Å². The fourth-order valence-corrected chi connectivity index (χ4v) is 3.02. The van der Waals surface area contributed by atoms with E-state index in [4.69, 9.17) is 9.47 Å². The molecule has 0 unspecified atom stereocenters. The van der Waals surface area contributed by atoms with Gasteiger partial charge in [0, 0.05) is 22.3 Å². The Kier molecular flexibility index (Phi) is 6.17. The van der Waals surface area contributed by atoms with E-state index in [1.165, 1.54) is 26.4 Å². The number of hydrogen-bond donors (Lipinski definition) is 0. The van der Waals surface area contributed by atoms with Crippen LogP contribution in [0.1, 0.15) is 52.6 Å². The number of ketones is 2. The molecule has 6 nitrogen and oxygen atoms in total. The fourth-order valence-electron chi connectivity index (χ4n) is 3.02. The Morgan fingerprint density at radius 3 is 1.17 bits per heavy atom. The van der Waals surface area contributed by atoms with Gasteiger partial charge < -0.3 is 9.47 Å². The number of carbonyl (C=O) groups is 4. The van der Waals surface area contributed by atoms with Gasteiger partial charge in [0.1, 0.15) is 0 Å². The maximum absolute atomic E-state index is 13.1. The second kappa shape index (κ2) is 8.96.